The minimum absolute atomic E-state index is 0.0866. The lowest BCUT2D eigenvalue weighted by atomic mass is 10.1. The maximum absolute atomic E-state index is 13.6. The van der Waals surface area contributed by atoms with E-state index in [4.69, 9.17) is 18.0 Å². The Kier molecular flexibility index (Phi) is 4.58. The Labute approximate surface area is 130 Å². The summed E-state index contributed by atoms with van der Waals surface area (Å²) in [6.07, 6.45) is 0. The highest BCUT2D eigenvalue weighted by atomic mass is 32.1. The van der Waals surface area contributed by atoms with Crippen molar-refractivity contribution in [2.45, 2.75) is 20.4 Å². The van der Waals surface area contributed by atoms with Gasteiger partial charge < -0.3 is 10.6 Å². The lowest BCUT2D eigenvalue weighted by Gasteiger charge is -2.22. The summed E-state index contributed by atoms with van der Waals surface area (Å²) in [6.45, 7) is 4.83. The number of aryl methyl sites for hydroxylation is 2. The maximum atomic E-state index is 13.6. The SMILES string of the molecule is Cc1ccc(N(C)Cc2ccc(F)c(C(N)=S)c2)c(C)c1. The Morgan fingerprint density at radius 1 is 1.19 bits per heavy atom. The third-order valence-corrected chi connectivity index (χ3v) is 3.70. The Hall–Kier alpha value is -1.94. The zero-order valence-corrected chi connectivity index (χ0v) is 13.3. The molecule has 4 heteroatoms. The molecular formula is C17H19FN2S. The third-order valence-electron chi connectivity index (χ3n) is 3.48. The summed E-state index contributed by atoms with van der Waals surface area (Å²) in [5, 5.41) is 0. The van der Waals surface area contributed by atoms with Gasteiger partial charge in [0.05, 0.1) is 0 Å². The molecule has 0 aliphatic heterocycles. The van der Waals surface area contributed by atoms with Crippen molar-refractivity contribution >= 4 is 22.9 Å². The second-order valence-electron chi connectivity index (χ2n) is 5.32. The van der Waals surface area contributed by atoms with Crippen LogP contribution in [0.15, 0.2) is 36.4 Å². The smallest absolute Gasteiger partial charge is 0.133 e. The number of nitrogens with zero attached hydrogens (tertiary/aromatic N) is 1. The van der Waals surface area contributed by atoms with Crippen LogP contribution in [0.25, 0.3) is 0 Å². The Balaban J connectivity index is 2.25. The minimum Gasteiger partial charge on any atom is -0.389 e. The van der Waals surface area contributed by atoms with Crippen molar-refractivity contribution in [3.8, 4) is 0 Å². The van der Waals surface area contributed by atoms with E-state index in [0.29, 0.717) is 12.1 Å². The molecule has 110 valence electrons. The van der Waals surface area contributed by atoms with E-state index in [2.05, 4.69) is 36.9 Å². The molecule has 0 heterocycles. The molecule has 2 N–H and O–H groups in total. The first kappa shape index (κ1) is 15.4. The molecule has 2 nitrogen and oxygen atoms in total. The second-order valence-corrected chi connectivity index (χ2v) is 5.76. The van der Waals surface area contributed by atoms with Gasteiger partial charge in [-0.2, -0.15) is 0 Å². The van der Waals surface area contributed by atoms with Gasteiger partial charge in [-0.1, -0.05) is 36.0 Å². The standard InChI is InChI=1S/C17H19FN2S/c1-11-4-7-16(12(2)8-11)20(3)10-13-5-6-15(18)14(9-13)17(19)21/h4-9H,10H2,1-3H3,(H2,19,21). The number of nitrogens with two attached hydrogens (primary N) is 1. The Morgan fingerprint density at radius 3 is 2.52 bits per heavy atom. The quantitative estimate of drug-likeness (QED) is 0.873. The predicted molar refractivity (Wildman–Crippen MR) is 90.3 cm³/mol. The molecule has 0 aromatic heterocycles. The van der Waals surface area contributed by atoms with Crippen LogP contribution in [0.5, 0.6) is 0 Å². The molecule has 2 aromatic rings. The monoisotopic (exact) mass is 302 g/mol. The predicted octanol–water partition coefficient (Wildman–Crippen LogP) is 3.71. The minimum atomic E-state index is -0.375. The van der Waals surface area contributed by atoms with Crippen LogP contribution in [0.4, 0.5) is 10.1 Å². The average molecular weight is 302 g/mol. The number of anilines is 1. The number of benzene rings is 2. The van der Waals surface area contributed by atoms with Gasteiger partial charge >= 0.3 is 0 Å². The molecule has 0 radical (unpaired) electrons. The van der Waals surface area contributed by atoms with E-state index >= 15 is 0 Å². The number of hydrogen-bond acceptors (Lipinski definition) is 2. The van der Waals surface area contributed by atoms with E-state index in [9.17, 15) is 4.39 Å². The molecule has 0 saturated carbocycles. The number of thiocarbonyl (C=S) groups is 1. The van der Waals surface area contributed by atoms with Crippen LogP contribution in [-0.4, -0.2) is 12.0 Å². The summed E-state index contributed by atoms with van der Waals surface area (Å²) in [5.41, 5.74) is 10.4. The third kappa shape index (κ3) is 3.58. The van der Waals surface area contributed by atoms with Gasteiger partial charge in [0, 0.05) is 24.8 Å². The topological polar surface area (TPSA) is 29.3 Å². The van der Waals surface area contributed by atoms with Crippen LogP contribution in [0.2, 0.25) is 0 Å². The van der Waals surface area contributed by atoms with Gasteiger partial charge in [0.1, 0.15) is 10.8 Å². The van der Waals surface area contributed by atoms with Gasteiger partial charge in [-0.25, -0.2) is 4.39 Å². The summed E-state index contributed by atoms with van der Waals surface area (Å²) >= 11 is 4.88. The highest BCUT2D eigenvalue weighted by molar-refractivity contribution is 7.80. The first-order valence-electron chi connectivity index (χ1n) is 6.75. The molecule has 0 unspecified atom stereocenters. The van der Waals surface area contributed by atoms with Crippen molar-refractivity contribution in [1.82, 2.24) is 0 Å². The molecule has 21 heavy (non-hydrogen) atoms. The first-order chi connectivity index (χ1) is 9.88. The lowest BCUT2D eigenvalue weighted by Crippen LogP contribution is -2.18. The number of halogens is 1. The van der Waals surface area contributed by atoms with Crippen LogP contribution < -0.4 is 10.6 Å². The molecule has 0 bridgehead atoms. The Morgan fingerprint density at radius 2 is 1.90 bits per heavy atom. The summed E-state index contributed by atoms with van der Waals surface area (Å²) < 4.78 is 13.6. The highest BCUT2D eigenvalue weighted by Gasteiger charge is 2.09. The van der Waals surface area contributed by atoms with Crippen LogP contribution >= 0.6 is 12.2 Å². The van der Waals surface area contributed by atoms with Gasteiger partial charge in [0.2, 0.25) is 0 Å². The summed E-state index contributed by atoms with van der Waals surface area (Å²) in [6, 6.07) is 11.2. The van der Waals surface area contributed by atoms with E-state index in [1.54, 1.807) is 12.1 Å². The van der Waals surface area contributed by atoms with Gasteiger partial charge in [-0.3, -0.25) is 0 Å². The van der Waals surface area contributed by atoms with Crippen molar-refractivity contribution in [2.24, 2.45) is 5.73 Å². The van der Waals surface area contributed by atoms with Crippen molar-refractivity contribution in [1.29, 1.82) is 0 Å². The fraction of sp³-hybridized carbons (Fsp3) is 0.235. The average Bonchev–Trinajstić information content (AvgIpc) is 2.40. The highest BCUT2D eigenvalue weighted by Crippen LogP contribution is 2.22. The van der Waals surface area contributed by atoms with E-state index < -0.39 is 0 Å². The summed E-state index contributed by atoms with van der Waals surface area (Å²) in [4.78, 5) is 2.22. The van der Waals surface area contributed by atoms with E-state index in [1.807, 2.05) is 7.05 Å². The molecule has 0 fully saturated rings. The molecule has 0 amide bonds. The van der Waals surface area contributed by atoms with E-state index in [0.717, 1.165) is 11.3 Å². The van der Waals surface area contributed by atoms with Gasteiger partial charge in [0.25, 0.3) is 0 Å². The second kappa shape index (κ2) is 6.22. The molecule has 0 aliphatic carbocycles. The maximum Gasteiger partial charge on any atom is 0.133 e. The van der Waals surface area contributed by atoms with Gasteiger partial charge in [-0.15, -0.1) is 0 Å². The van der Waals surface area contributed by atoms with Crippen LogP contribution in [0.3, 0.4) is 0 Å². The van der Waals surface area contributed by atoms with Crippen LogP contribution in [-0.2, 0) is 6.54 Å². The summed E-state index contributed by atoms with van der Waals surface area (Å²) in [7, 11) is 2.02. The molecule has 0 spiro atoms. The van der Waals surface area contributed by atoms with Crippen LogP contribution in [0.1, 0.15) is 22.3 Å². The molecule has 2 aromatic carbocycles. The lowest BCUT2D eigenvalue weighted by molar-refractivity contribution is 0.624. The first-order valence-corrected chi connectivity index (χ1v) is 7.16. The zero-order chi connectivity index (χ0) is 15.6. The van der Waals surface area contributed by atoms with Gasteiger partial charge in [0.15, 0.2) is 0 Å². The molecule has 0 aliphatic rings. The zero-order valence-electron chi connectivity index (χ0n) is 12.5. The van der Waals surface area contributed by atoms with Gasteiger partial charge in [-0.05, 0) is 43.2 Å². The number of rotatable bonds is 4. The van der Waals surface area contributed by atoms with E-state index in [-0.39, 0.29) is 10.8 Å². The largest absolute Gasteiger partial charge is 0.389 e. The molecular weight excluding hydrogens is 283 g/mol. The summed E-state index contributed by atoms with van der Waals surface area (Å²) in [5.74, 6) is -0.375. The van der Waals surface area contributed by atoms with Crippen molar-refractivity contribution in [3.63, 3.8) is 0 Å². The van der Waals surface area contributed by atoms with Crippen molar-refractivity contribution in [3.05, 3.63) is 64.5 Å². The molecule has 0 atom stereocenters. The fourth-order valence-electron chi connectivity index (χ4n) is 2.45. The van der Waals surface area contributed by atoms with Crippen molar-refractivity contribution in [2.75, 3.05) is 11.9 Å². The molecule has 2 rings (SSSR count). The fourth-order valence-corrected chi connectivity index (χ4v) is 2.61. The Bertz CT molecular complexity index is 682. The normalized spacial score (nSPS) is 10.5. The van der Waals surface area contributed by atoms with E-state index in [1.165, 1.54) is 17.2 Å². The van der Waals surface area contributed by atoms with Crippen LogP contribution in [0, 0.1) is 19.7 Å². The number of hydrogen-bond donors (Lipinski definition) is 1. The van der Waals surface area contributed by atoms with Crippen molar-refractivity contribution < 1.29 is 4.39 Å². The molecule has 0 saturated heterocycles.